The Kier molecular flexibility index (Phi) is 5.83. The van der Waals surface area contributed by atoms with Crippen molar-refractivity contribution in [3.05, 3.63) is 90.5 Å². The van der Waals surface area contributed by atoms with Crippen molar-refractivity contribution in [2.45, 2.75) is 12.6 Å². The second-order valence-electron chi connectivity index (χ2n) is 6.93. The first-order valence-electron chi connectivity index (χ1n) is 9.66. The van der Waals surface area contributed by atoms with Crippen LogP contribution in [0.2, 0.25) is 0 Å². The summed E-state index contributed by atoms with van der Waals surface area (Å²) in [6, 6.07) is 29.8. The van der Waals surface area contributed by atoms with Crippen LogP contribution >= 0.6 is 0 Å². The SMILES string of the molecule is c1ccc(-c2ccccc2CNCC2CN(c3ccccc3)CCO2)cc1. The Morgan fingerprint density at radius 1 is 0.852 bits per heavy atom. The maximum absolute atomic E-state index is 5.98. The fraction of sp³-hybridized carbons (Fsp3) is 0.250. The molecule has 27 heavy (non-hydrogen) atoms. The highest BCUT2D eigenvalue weighted by Crippen LogP contribution is 2.23. The fourth-order valence-electron chi connectivity index (χ4n) is 3.66. The van der Waals surface area contributed by atoms with Crippen molar-refractivity contribution in [1.29, 1.82) is 0 Å². The van der Waals surface area contributed by atoms with E-state index in [-0.39, 0.29) is 6.10 Å². The van der Waals surface area contributed by atoms with Gasteiger partial charge in [-0.2, -0.15) is 0 Å². The Labute approximate surface area is 161 Å². The van der Waals surface area contributed by atoms with Gasteiger partial charge >= 0.3 is 0 Å². The molecule has 138 valence electrons. The minimum atomic E-state index is 0.211. The zero-order valence-electron chi connectivity index (χ0n) is 15.6. The van der Waals surface area contributed by atoms with Crippen LogP contribution in [0.1, 0.15) is 5.56 Å². The van der Waals surface area contributed by atoms with E-state index < -0.39 is 0 Å². The van der Waals surface area contributed by atoms with Crippen LogP contribution in [-0.4, -0.2) is 32.3 Å². The number of anilines is 1. The van der Waals surface area contributed by atoms with Gasteiger partial charge in [0.2, 0.25) is 0 Å². The van der Waals surface area contributed by atoms with Crippen LogP contribution in [0.15, 0.2) is 84.9 Å². The van der Waals surface area contributed by atoms with Gasteiger partial charge in [0.05, 0.1) is 12.7 Å². The van der Waals surface area contributed by atoms with E-state index in [2.05, 4.69) is 95.1 Å². The van der Waals surface area contributed by atoms with Crippen LogP contribution in [0.5, 0.6) is 0 Å². The van der Waals surface area contributed by atoms with Gasteiger partial charge < -0.3 is 15.0 Å². The second kappa shape index (κ2) is 8.85. The minimum Gasteiger partial charge on any atom is -0.373 e. The van der Waals surface area contributed by atoms with E-state index in [1.54, 1.807) is 0 Å². The van der Waals surface area contributed by atoms with Gasteiger partial charge in [-0.3, -0.25) is 0 Å². The highest BCUT2D eigenvalue weighted by Gasteiger charge is 2.20. The van der Waals surface area contributed by atoms with Crippen LogP contribution in [0, 0.1) is 0 Å². The molecule has 3 nitrogen and oxygen atoms in total. The molecular weight excluding hydrogens is 332 g/mol. The fourth-order valence-corrected chi connectivity index (χ4v) is 3.66. The maximum atomic E-state index is 5.98. The third-order valence-electron chi connectivity index (χ3n) is 5.05. The van der Waals surface area contributed by atoms with Crippen molar-refractivity contribution >= 4 is 5.69 Å². The van der Waals surface area contributed by atoms with Crippen molar-refractivity contribution in [2.75, 3.05) is 31.1 Å². The summed E-state index contributed by atoms with van der Waals surface area (Å²) in [6.45, 7) is 4.36. The lowest BCUT2D eigenvalue weighted by atomic mass is 10.00. The van der Waals surface area contributed by atoms with E-state index >= 15 is 0 Å². The van der Waals surface area contributed by atoms with Gasteiger partial charge in [0.25, 0.3) is 0 Å². The summed E-state index contributed by atoms with van der Waals surface area (Å²) in [6.07, 6.45) is 0.211. The Bertz CT molecular complexity index is 835. The molecule has 0 bridgehead atoms. The van der Waals surface area contributed by atoms with E-state index in [1.165, 1.54) is 22.4 Å². The third kappa shape index (κ3) is 4.57. The van der Waals surface area contributed by atoms with Gasteiger partial charge in [0.15, 0.2) is 0 Å². The summed E-state index contributed by atoms with van der Waals surface area (Å²) < 4.78 is 5.98. The highest BCUT2D eigenvalue weighted by molar-refractivity contribution is 5.67. The average Bonchev–Trinajstić information content (AvgIpc) is 2.76. The summed E-state index contributed by atoms with van der Waals surface area (Å²) in [5, 5.41) is 3.60. The number of benzene rings is 3. The number of ether oxygens (including phenoxy) is 1. The predicted molar refractivity (Wildman–Crippen MR) is 112 cm³/mol. The largest absolute Gasteiger partial charge is 0.373 e. The van der Waals surface area contributed by atoms with Gasteiger partial charge in [-0.15, -0.1) is 0 Å². The molecule has 4 rings (SSSR count). The monoisotopic (exact) mass is 358 g/mol. The van der Waals surface area contributed by atoms with Crippen LogP contribution in [-0.2, 0) is 11.3 Å². The van der Waals surface area contributed by atoms with Crippen molar-refractivity contribution in [3.8, 4) is 11.1 Å². The molecule has 0 amide bonds. The Morgan fingerprint density at radius 2 is 1.56 bits per heavy atom. The molecule has 1 heterocycles. The smallest absolute Gasteiger partial charge is 0.0874 e. The van der Waals surface area contributed by atoms with Crippen LogP contribution in [0.4, 0.5) is 5.69 Å². The van der Waals surface area contributed by atoms with Crippen LogP contribution in [0.25, 0.3) is 11.1 Å². The Morgan fingerprint density at radius 3 is 2.37 bits per heavy atom. The van der Waals surface area contributed by atoms with Gasteiger partial charge in [-0.1, -0.05) is 72.8 Å². The molecule has 1 saturated heterocycles. The van der Waals surface area contributed by atoms with Crippen LogP contribution < -0.4 is 10.2 Å². The number of hydrogen-bond donors (Lipinski definition) is 1. The first-order chi connectivity index (χ1) is 13.4. The molecule has 0 aliphatic carbocycles. The molecule has 3 aromatic carbocycles. The molecule has 1 aliphatic heterocycles. The molecule has 1 aliphatic rings. The molecule has 3 aromatic rings. The van der Waals surface area contributed by atoms with E-state index in [0.29, 0.717) is 0 Å². The molecule has 0 aromatic heterocycles. The lowest BCUT2D eigenvalue weighted by Crippen LogP contribution is -2.46. The molecule has 1 fully saturated rings. The second-order valence-corrected chi connectivity index (χ2v) is 6.93. The van der Waals surface area contributed by atoms with Crippen molar-refractivity contribution in [2.24, 2.45) is 0 Å². The van der Waals surface area contributed by atoms with E-state index in [0.717, 1.165) is 32.8 Å². The lowest BCUT2D eigenvalue weighted by Gasteiger charge is -2.34. The normalized spacial score (nSPS) is 17.0. The Balaban J connectivity index is 1.35. The van der Waals surface area contributed by atoms with Gasteiger partial charge in [0.1, 0.15) is 0 Å². The maximum Gasteiger partial charge on any atom is 0.0874 e. The average molecular weight is 358 g/mol. The van der Waals surface area contributed by atoms with Gasteiger partial charge in [0, 0.05) is 31.9 Å². The van der Waals surface area contributed by atoms with Crippen molar-refractivity contribution in [3.63, 3.8) is 0 Å². The molecule has 1 unspecified atom stereocenters. The topological polar surface area (TPSA) is 24.5 Å². The van der Waals surface area contributed by atoms with Crippen molar-refractivity contribution < 1.29 is 4.74 Å². The molecule has 0 radical (unpaired) electrons. The van der Waals surface area contributed by atoms with Crippen LogP contribution in [0.3, 0.4) is 0 Å². The van der Waals surface area contributed by atoms with Gasteiger partial charge in [-0.25, -0.2) is 0 Å². The molecule has 1 atom stereocenters. The quantitative estimate of drug-likeness (QED) is 0.709. The van der Waals surface area contributed by atoms with E-state index in [4.69, 9.17) is 4.74 Å². The molecular formula is C24H26N2O. The standard InChI is InChI=1S/C24H26N2O/c1-3-9-20(10-4-1)24-14-8-7-11-21(24)17-25-18-23-19-26(15-16-27-23)22-12-5-2-6-13-22/h1-14,23,25H,15-19H2. The minimum absolute atomic E-state index is 0.211. The molecule has 0 spiro atoms. The number of nitrogens with zero attached hydrogens (tertiary/aromatic N) is 1. The van der Waals surface area contributed by atoms with Gasteiger partial charge in [-0.05, 0) is 28.8 Å². The molecule has 1 N–H and O–H groups in total. The molecule has 0 saturated carbocycles. The lowest BCUT2D eigenvalue weighted by molar-refractivity contribution is 0.0407. The summed E-state index contributed by atoms with van der Waals surface area (Å²) in [7, 11) is 0. The van der Waals surface area contributed by atoms with E-state index in [9.17, 15) is 0 Å². The predicted octanol–water partition coefficient (Wildman–Crippen LogP) is 4.35. The number of nitrogens with one attached hydrogen (secondary N) is 1. The number of morpholine rings is 1. The zero-order valence-corrected chi connectivity index (χ0v) is 15.6. The first kappa shape index (κ1) is 17.8. The summed E-state index contributed by atoms with van der Waals surface area (Å²) >= 11 is 0. The number of hydrogen-bond acceptors (Lipinski definition) is 3. The first-order valence-corrected chi connectivity index (χ1v) is 9.66. The van der Waals surface area contributed by atoms with E-state index in [1.807, 2.05) is 0 Å². The number of rotatable bonds is 6. The summed E-state index contributed by atoms with van der Waals surface area (Å²) in [5.74, 6) is 0. The Hall–Kier alpha value is -2.62. The third-order valence-corrected chi connectivity index (χ3v) is 5.05. The number of para-hydroxylation sites is 1. The summed E-state index contributed by atoms with van der Waals surface area (Å²) in [5.41, 5.74) is 5.15. The highest BCUT2D eigenvalue weighted by atomic mass is 16.5. The zero-order chi connectivity index (χ0) is 18.3. The summed E-state index contributed by atoms with van der Waals surface area (Å²) in [4.78, 5) is 2.41. The molecule has 3 heteroatoms. The van der Waals surface area contributed by atoms with Crippen molar-refractivity contribution in [1.82, 2.24) is 5.32 Å².